The molecular weight excluding hydrogens is 468 g/mol. The maximum Gasteiger partial charge on any atom is 0.218 e. The molecule has 1 atom stereocenters. The van der Waals surface area contributed by atoms with Gasteiger partial charge in [-0.15, -0.1) is 0 Å². The van der Waals surface area contributed by atoms with Crippen LogP contribution < -0.4 is 9.47 Å². The summed E-state index contributed by atoms with van der Waals surface area (Å²) in [4.78, 5) is 21.8. The highest BCUT2D eigenvalue weighted by Gasteiger charge is 2.38. The Labute approximate surface area is 205 Å². The van der Waals surface area contributed by atoms with E-state index in [1.807, 2.05) is 54.6 Å². The van der Waals surface area contributed by atoms with E-state index in [2.05, 4.69) is 0 Å². The van der Waals surface area contributed by atoms with Crippen LogP contribution in [0.4, 0.5) is 0 Å². The van der Waals surface area contributed by atoms with Crippen molar-refractivity contribution in [3.05, 3.63) is 95.6 Å². The van der Waals surface area contributed by atoms with E-state index >= 15 is 0 Å². The molecule has 3 aromatic rings. The lowest BCUT2D eigenvalue weighted by atomic mass is 9.80. The second-order valence-corrected chi connectivity index (χ2v) is 9.98. The number of hydrogen-bond acceptors (Lipinski definition) is 7. The van der Waals surface area contributed by atoms with Gasteiger partial charge in [0.2, 0.25) is 6.29 Å². The maximum absolute atomic E-state index is 12.7. The van der Waals surface area contributed by atoms with Crippen molar-refractivity contribution in [2.75, 3.05) is 26.6 Å². The summed E-state index contributed by atoms with van der Waals surface area (Å²) >= 11 is 0. The van der Waals surface area contributed by atoms with Crippen LogP contribution in [0.3, 0.4) is 0 Å². The molecule has 0 aromatic heterocycles. The van der Waals surface area contributed by atoms with Crippen LogP contribution in [0.1, 0.15) is 23.1 Å². The van der Waals surface area contributed by atoms with Gasteiger partial charge in [0.1, 0.15) is 22.4 Å². The van der Waals surface area contributed by atoms with Crippen molar-refractivity contribution in [3.63, 3.8) is 0 Å². The van der Waals surface area contributed by atoms with E-state index in [4.69, 9.17) is 14.2 Å². The zero-order chi connectivity index (χ0) is 25.3. The molecule has 0 bridgehead atoms. The van der Waals surface area contributed by atoms with Crippen molar-refractivity contribution < 1.29 is 32.2 Å². The van der Waals surface area contributed by atoms with E-state index in [0.29, 0.717) is 11.5 Å². The van der Waals surface area contributed by atoms with Gasteiger partial charge in [-0.05, 0) is 41.0 Å². The number of benzene rings is 3. The molecule has 0 spiro atoms. The minimum Gasteiger partial charge on any atom is -0.497 e. The molecule has 7 nitrogen and oxygen atoms in total. The first-order chi connectivity index (χ1) is 16.9. The van der Waals surface area contributed by atoms with Crippen molar-refractivity contribution in [2.45, 2.75) is 17.3 Å². The Morgan fingerprint density at radius 3 is 1.69 bits per heavy atom. The fourth-order valence-corrected chi connectivity index (χ4v) is 4.91. The van der Waals surface area contributed by atoms with Crippen molar-refractivity contribution in [1.82, 2.24) is 0 Å². The molecule has 3 aromatic carbocycles. The zero-order valence-electron chi connectivity index (χ0n) is 19.5. The van der Waals surface area contributed by atoms with Gasteiger partial charge in [-0.25, -0.2) is 8.42 Å². The van der Waals surface area contributed by atoms with Gasteiger partial charge < -0.3 is 14.2 Å². The molecule has 3 rings (SSSR count). The van der Waals surface area contributed by atoms with Crippen molar-refractivity contribution >= 4 is 22.4 Å². The number of carbonyl (C=O) groups excluding carboxylic acids is 2. The first-order valence-corrected chi connectivity index (χ1v) is 12.6. The molecule has 0 saturated carbocycles. The van der Waals surface area contributed by atoms with E-state index in [1.54, 1.807) is 38.5 Å². The van der Waals surface area contributed by atoms with Crippen LogP contribution in [0.2, 0.25) is 0 Å². The lowest BCUT2D eigenvalue weighted by molar-refractivity contribution is 0.0227. The maximum atomic E-state index is 12.7. The Balaban J connectivity index is 2.11. The molecule has 35 heavy (non-hydrogen) atoms. The highest BCUT2D eigenvalue weighted by atomic mass is 32.2. The average molecular weight is 495 g/mol. The number of rotatable bonds is 13. The van der Waals surface area contributed by atoms with E-state index < -0.39 is 32.9 Å². The molecule has 8 heteroatoms. The van der Waals surface area contributed by atoms with Crippen LogP contribution in [0.25, 0.3) is 0 Å². The largest absolute Gasteiger partial charge is 0.497 e. The molecule has 0 heterocycles. The Kier molecular flexibility index (Phi) is 8.78. The molecule has 2 radical (unpaired) electrons. The predicted molar refractivity (Wildman–Crippen MR) is 132 cm³/mol. The average Bonchev–Trinajstić information content (AvgIpc) is 2.90. The van der Waals surface area contributed by atoms with Crippen LogP contribution in [0.15, 0.2) is 78.9 Å². The number of hydrogen-bond donors (Lipinski definition) is 0. The summed E-state index contributed by atoms with van der Waals surface area (Å²) in [5.41, 5.74) is 1.07. The summed E-state index contributed by atoms with van der Waals surface area (Å²) in [7, 11) is -0.834. The Hall–Kier alpha value is -3.49. The van der Waals surface area contributed by atoms with E-state index in [-0.39, 0.29) is 6.61 Å². The Morgan fingerprint density at radius 1 is 0.771 bits per heavy atom. The van der Waals surface area contributed by atoms with Crippen LogP contribution in [-0.2, 0) is 29.8 Å². The van der Waals surface area contributed by atoms with Crippen LogP contribution in [0.5, 0.6) is 11.5 Å². The standard InChI is InChI=1S/C27H26O7S/c1-32-24-12-8-22(9-13-24)27(21-6-4-3-5-7-21,23-10-14-25(33-2)15-11-23)34-18-19-35(30,31)26(20-29)16-17-28/h3-15,26H,16,18-19H2,1-2H3. The number of sulfone groups is 1. The molecule has 0 aliphatic carbocycles. The molecule has 0 N–H and O–H groups in total. The summed E-state index contributed by atoms with van der Waals surface area (Å²) < 4.78 is 42.4. The summed E-state index contributed by atoms with van der Waals surface area (Å²) in [6.07, 6.45) is 2.34. The summed E-state index contributed by atoms with van der Waals surface area (Å²) in [5, 5.41) is -1.57. The molecule has 0 aliphatic heterocycles. The van der Waals surface area contributed by atoms with Crippen LogP contribution in [-0.4, -0.2) is 52.8 Å². The first kappa shape index (κ1) is 26.1. The van der Waals surface area contributed by atoms with E-state index in [1.165, 1.54) is 12.6 Å². The minimum atomic E-state index is -3.98. The normalized spacial score (nSPS) is 12.5. The first-order valence-electron chi connectivity index (χ1n) is 10.8. The van der Waals surface area contributed by atoms with Gasteiger partial charge in [0.25, 0.3) is 0 Å². The molecule has 0 saturated heterocycles. The third kappa shape index (κ3) is 5.78. The molecular formula is C27H26O7S. The topological polar surface area (TPSA) is 96.0 Å². The van der Waals surface area contributed by atoms with Gasteiger partial charge in [-0.2, -0.15) is 0 Å². The second-order valence-electron chi connectivity index (χ2n) is 7.67. The van der Waals surface area contributed by atoms with Gasteiger partial charge >= 0.3 is 0 Å². The second kappa shape index (κ2) is 11.8. The van der Waals surface area contributed by atoms with Gasteiger partial charge in [0.15, 0.2) is 16.1 Å². The Morgan fingerprint density at radius 2 is 1.26 bits per heavy atom. The highest BCUT2D eigenvalue weighted by molar-refractivity contribution is 7.92. The molecule has 0 amide bonds. The summed E-state index contributed by atoms with van der Waals surface area (Å²) in [5.74, 6) is 0.833. The number of ether oxygens (including phenoxy) is 3. The molecule has 0 fully saturated rings. The smallest absolute Gasteiger partial charge is 0.218 e. The van der Waals surface area contributed by atoms with Crippen molar-refractivity contribution in [3.8, 4) is 11.5 Å². The molecule has 182 valence electrons. The van der Waals surface area contributed by atoms with Gasteiger partial charge in [0, 0.05) is 6.42 Å². The third-order valence-corrected chi connectivity index (χ3v) is 7.56. The van der Waals surface area contributed by atoms with E-state index in [9.17, 15) is 18.0 Å². The monoisotopic (exact) mass is 494 g/mol. The lowest BCUT2D eigenvalue weighted by Crippen LogP contribution is -2.36. The summed E-state index contributed by atoms with van der Waals surface area (Å²) in [6.45, 7) is -0.244. The fourth-order valence-electron chi connectivity index (χ4n) is 3.85. The Bertz CT molecular complexity index is 1160. The molecule has 1 unspecified atom stereocenters. The van der Waals surface area contributed by atoms with Crippen LogP contribution in [0, 0.1) is 0 Å². The lowest BCUT2D eigenvalue weighted by Gasteiger charge is -2.36. The van der Waals surface area contributed by atoms with Gasteiger partial charge in [-0.3, -0.25) is 9.59 Å². The molecule has 0 aliphatic rings. The van der Waals surface area contributed by atoms with Crippen LogP contribution >= 0.6 is 0 Å². The van der Waals surface area contributed by atoms with E-state index in [0.717, 1.165) is 16.7 Å². The fraction of sp³-hybridized carbons (Fsp3) is 0.259. The highest BCUT2D eigenvalue weighted by Crippen LogP contribution is 2.41. The van der Waals surface area contributed by atoms with Crippen molar-refractivity contribution in [1.29, 1.82) is 0 Å². The summed E-state index contributed by atoms with van der Waals surface area (Å²) in [6, 6.07) is 24.0. The third-order valence-electron chi connectivity index (χ3n) is 5.69. The SMILES string of the molecule is COc1ccc(C(OCCS(=O)(=O)C([C]=O)C[C]=O)(c2ccccc2)c2ccc(OC)cc2)cc1. The van der Waals surface area contributed by atoms with Gasteiger partial charge in [-0.1, -0.05) is 54.6 Å². The zero-order valence-corrected chi connectivity index (χ0v) is 20.3. The number of methoxy groups -OCH3 is 2. The van der Waals surface area contributed by atoms with Crippen molar-refractivity contribution in [2.24, 2.45) is 0 Å². The quantitative estimate of drug-likeness (QED) is 0.336. The predicted octanol–water partition coefficient (Wildman–Crippen LogP) is 3.41. The van der Waals surface area contributed by atoms with Gasteiger partial charge in [0.05, 0.1) is 26.6 Å². The minimum absolute atomic E-state index is 0.244.